The number of hydrogen-bond acceptors (Lipinski definition) is 6. The van der Waals surface area contributed by atoms with Crippen LogP contribution >= 0.6 is 0 Å². The second-order valence-corrected chi connectivity index (χ2v) is 9.54. The number of nitrogens with one attached hydrogen (secondary N) is 1. The Balaban J connectivity index is 1.63. The third-order valence-electron chi connectivity index (χ3n) is 5.29. The molecule has 0 saturated heterocycles. The molecular weight excluding hydrogens is 464 g/mol. The molecule has 0 saturated carbocycles. The lowest BCUT2D eigenvalue weighted by Gasteiger charge is -2.10. The molecule has 0 aromatic heterocycles. The van der Waals surface area contributed by atoms with Crippen molar-refractivity contribution in [2.24, 2.45) is 5.10 Å². The summed E-state index contributed by atoms with van der Waals surface area (Å²) in [5.41, 5.74) is 4.73. The molecule has 7 nitrogen and oxygen atoms in total. The Hall–Kier alpha value is -3.65. The van der Waals surface area contributed by atoms with E-state index in [0.29, 0.717) is 11.3 Å². The van der Waals surface area contributed by atoms with Crippen molar-refractivity contribution in [3.63, 3.8) is 0 Å². The molecule has 3 aromatic rings. The van der Waals surface area contributed by atoms with Crippen LogP contribution in [0.15, 0.2) is 82.8 Å². The highest BCUT2D eigenvalue weighted by molar-refractivity contribution is 7.87. The van der Waals surface area contributed by atoms with E-state index in [2.05, 4.69) is 17.5 Å². The summed E-state index contributed by atoms with van der Waals surface area (Å²) >= 11 is 0. The van der Waals surface area contributed by atoms with E-state index in [1.807, 2.05) is 18.2 Å². The number of carbonyl (C=O) groups excluding carboxylic acids is 1. The van der Waals surface area contributed by atoms with Crippen molar-refractivity contribution in [2.45, 2.75) is 43.9 Å². The second kappa shape index (κ2) is 12.7. The molecule has 0 bridgehead atoms. The number of para-hydroxylation sites is 1. The van der Waals surface area contributed by atoms with Crippen LogP contribution in [0.25, 0.3) is 0 Å². The molecule has 0 spiro atoms. The van der Waals surface area contributed by atoms with Gasteiger partial charge in [-0.2, -0.15) is 13.5 Å². The normalized spacial score (nSPS) is 11.4. The largest absolute Gasteiger partial charge is 0.497 e. The number of unbranched alkanes of at least 4 members (excludes halogenated alkanes) is 2. The van der Waals surface area contributed by atoms with Crippen LogP contribution in [0.5, 0.6) is 11.5 Å². The van der Waals surface area contributed by atoms with E-state index >= 15 is 0 Å². The van der Waals surface area contributed by atoms with E-state index in [9.17, 15) is 13.2 Å². The minimum atomic E-state index is -4.03. The standard InChI is InChI=1S/C27H30N2O5S/c1-3-4-5-9-21-14-16-25(17-15-21)35(31,32)34-26-13-7-6-11-23(26)20-28-29-27(30)19-22-10-8-12-24(18-22)33-2/h6-8,10-18,20H,3-5,9,19H2,1-2H3,(H,29,30). The van der Waals surface area contributed by atoms with Gasteiger partial charge in [-0.3, -0.25) is 4.79 Å². The van der Waals surface area contributed by atoms with Crippen molar-refractivity contribution >= 4 is 22.2 Å². The maximum atomic E-state index is 12.8. The molecule has 0 unspecified atom stereocenters. The van der Waals surface area contributed by atoms with E-state index < -0.39 is 10.1 Å². The van der Waals surface area contributed by atoms with E-state index in [1.54, 1.807) is 55.6 Å². The van der Waals surface area contributed by atoms with E-state index in [-0.39, 0.29) is 23.0 Å². The number of hydrogen-bond donors (Lipinski definition) is 1. The summed E-state index contributed by atoms with van der Waals surface area (Å²) < 4.78 is 36.2. The first kappa shape index (κ1) is 26.0. The fourth-order valence-corrected chi connectivity index (χ4v) is 4.37. The highest BCUT2D eigenvalue weighted by atomic mass is 32.2. The van der Waals surface area contributed by atoms with Crippen LogP contribution in [0, 0.1) is 0 Å². The first-order valence-electron chi connectivity index (χ1n) is 11.5. The van der Waals surface area contributed by atoms with Crippen LogP contribution in [-0.2, 0) is 27.8 Å². The number of rotatable bonds is 12. The number of ether oxygens (including phenoxy) is 1. The number of hydrazone groups is 1. The number of carbonyl (C=O) groups is 1. The van der Waals surface area contributed by atoms with Crippen LogP contribution < -0.4 is 14.3 Å². The molecule has 8 heteroatoms. The van der Waals surface area contributed by atoms with Gasteiger partial charge in [0.05, 0.1) is 19.7 Å². The Labute approximate surface area is 206 Å². The molecule has 0 radical (unpaired) electrons. The third-order valence-corrected chi connectivity index (χ3v) is 6.54. The number of aryl methyl sites for hydroxylation is 1. The molecule has 3 rings (SSSR count). The van der Waals surface area contributed by atoms with Crippen LogP contribution in [0.1, 0.15) is 42.9 Å². The molecular formula is C27H30N2O5S. The fraction of sp³-hybridized carbons (Fsp3) is 0.259. The number of benzene rings is 3. The molecule has 35 heavy (non-hydrogen) atoms. The molecule has 1 amide bonds. The smallest absolute Gasteiger partial charge is 0.339 e. The van der Waals surface area contributed by atoms with E-state index in [0.717, 1.165) is 36.8 Å². The van der Waals surface area contributed by atoms with E-state index in [4.69, 9.17) is 8.92 Å². The maximum absolute atomic E-state index is 12.8. The lowest BCUT2D eigenvalue weighted by Crippen LogP contribution is -2.20. The number of nitrogens with zero attached hydrogens (tertiary/aromatic N) is 1. The summed E-state index contributed by atoms with van der Waals surface area (Å²) in [6.07, 6.45) is 5.73. The minimum absolute atomic E-state index is 0.0788. The van der Waals surface area contributed by atoms with Gasteiger partial charge in [-0.05, 0) is 60.4 Å². The van der Waals surface area contributed by atoms with E-state index in [1.165, 1.54) is 12.3 Å². The molecule has 0 aliphatic heterocycles. The van der Waals surface area contributed by atoms with Gasteiger partial charge >= 0.3 is 10.1 Å². The van der Waals surface area contributed by atoms with Crippen molar-refractivity contribution in [2.75, 3.05) is 7.11 Å². The first-order chi connectivity index (χ1) is 16.9. The van der Waals surface area contributed by atoms with Gasteiger partial charge in [-0.1, -0.05) is 56.2 Å². The Morgan fingerprint density at radius 3 is 2.49 bits per heavy atom. The average molecular weight is 495 g/mol. The zero-order valence-corrected chi connectivity index (χ0v) is 20.8. The van der Waals surface area contributed by atoms with Gasteiger partial charge in [0.15, 0.2) is 5.75 Å². The quantitative estimate of drug-likeness (QED) is 0.167. The topological polar surface area (TPSA) is 94.1 Å². The van der Waals surface area contributed by atoms with Crippen LogP contribution in [0.2, 0.25) is 0 Å². The zero-order valence-electron chi connectivity index (χ0n) is 19.9. The van der Waals surface area contributed by atoms with Crippen LogP contribution in [-0.4, -0.2) is 27.6 Å². The summed E-state index contributed by atoms with van der Waals surface area (Å²) in [6, 6.07) is 20.5. The summed E-state index contributed by atoms with van der Waals surface area (Å²) in [7, 11) is -2.46. The van der Waals surface area contributed by atoms with Gasteiger partial charge in [0.25, 0.3) is 0 Å². The molecule has 3 aromatic carbocycles. The SMILES string of the molecule is CCCCCc1ccc(S(=O)(=O)Oc2ccccc2C=NNC(=O)Cc2cccc(OC)c2)cc1. The fourth-order valence-electron chi connectivity index (χ4n) is 3.41. The molecule has 0 fully saturated rings. The Bertz CT molecular complexity index is 1250. The van der Waals surface area contributed by atoms with Crippen molar-refractivity contribution in [1.29, 1.82) is 0 Å². The lowest BCUT2D eigenvalue weighted by atomic mass is 10.1. The van der Waals surface area contributed by atoms with Crippen LogP contribution in [0.3, 0.4) is 0 Å². The van der Waals surface area contributed by atoms with Gasteiger partial charge in [0.2, 0.25) is 5.91 Å². The predicted octanol–water partition coefficient (Wildman–Crippen LogP) is 4.89. The van der Waals surface area contributed by atoms with Crippen molar-refractivity contribution in [3.05, 3.63) is 89.5 Å². The predicted molar refractivity (Wildman–Crippen MR) is 136 cm³/mol. The summed E-state index contributed by atoms with van der Waals surface area (Å²) in [4.78, 5) is 12.3. The Morgan fingerprint density at radius 2 is 1.74 bits per heavy atom. The first-order valence-corrected chi connectivity index (χ1v) is 12.9. The van der Waals surface area contributed by atoms with Gasteiger partial charge < -0.3 is 8.92 Å². The zero-order chi connectivity index (χ0) is 25.1. The molecule has 0 aliphatic carbocycles. The van der Waals surface area contributed by atoms with Crippen molar-refractivity contribution in [3.8, 4) is 11.5 Å². The van der Waals surface area contributed by atoms with Crippen molar-refractivity contribution in [1.82, 2.24) is 5.43 Å². The van der Waals surface area contributed by atoms with Gasteiger partial charge in [-0.25, -0.2) is 5.43 Å². The number of methoxy groups -OCH3 is 1. The van der Waals surface area contributed by atoms with Crippen LogP contribution in [0.4, 0.5) is 0 Å². The summed E-state index contributed by atoms with van der Waals surface area (Å²) in [5, 5.41) is 3.96. The number of amides is 1. The third kappa shape index (κ3) is 7.96. The molecule has 0 aliphatic rings. The minimum Gasteiger partial charge on any atom is -0.497 e. The molecule has 184 valence electrons. The molecule has 0 heterocycles. The maximum Gasteiger partial charge on any atom is 0.339 e. The summed E-state index contributed by atoms with van der Waals surface area (Å²) in [6.45, 7) is 2.14. The van der Waals surface area contributed by atoms with Gasteiger partial charge in [0, 0.05) is 5.56 Å². The summed E-state index contributed by atoms with van der Waals surface area (Å²) in [5.74, 6) is 0.460. The molecule has 0 atom stereocenters. The second-order valence-electron chi connectivity index (χ2n) is 8.00. The molecule has 1 N–H and O–H groups in total. The van der Waals surface area contributed by atoms with Gasteiger partial charge in [0.1, 0.15) is 10.6 Å². The lowest BCUT2D eigenvalue weighted by molar-refractivity contribution is -0.120. The Morgan fingerprint density at radius 1 is 0.971 bits per heavy atom. The highest BCUT2D eigenvalue weighted by Crippen LogP contribution is 2.22. The highest BCUT2D eigenvalue weighted by Gasteiger charge is 2.18. The average Bonchev–Trinajstić information content (AvgIpc) is 2.85. The van der Waals surface area contributed by atoms with Gasteiger partial charge in [-0.15, -0.1) is 0 Å². The monoisotopic (exact) mass is 494 g/mol. The Kier molecular flexibility index (Phi) is 9.43. The van der Waals surface area contributed by atoms with Crippen molar-refractivity contribution < 1.29 is 22.1 Å².